The summed E-state index contributed by atoms with van der Waals surface area (Å²) in [6.07, 6.45) is -0.253. The Balaban J connectivity index is 2.42. The number of amides is 3. The van der Waals surface area contributed by atoms with Crippen molar-refractivity contribution in [1.29, 1.82) is 0 Å². The van der Waals surface area contributed by atoms with Gasteiger partial charge in [-0.25, -0.2) is 0 Å². The summed E-state index contributed by atoms with van der Waals surface area (Å²) in [5.41, 5.74) is 0.788. The van der Waals surface area contributed by atoms with Gasteiger partial charge in [-0.05, 0) is 25.1 Å². The first-order valence-corrected chi connectivity index (χ1v) is 10.3. The van der Waals surface area contributed by atoms with Gasteiger partial charge < -0.3 is 29.3 Å². The summed E-state index contributed by atoms with van der Waals surface area (Å²) in [4.78, 5) is 40.7. The van der Waals surface area contributed by atoms with Gasteiger partial charge in [-0.3, -0.25) is 14.4 Å². The minimum absolute atomic E-state index is 0.00478. The summed E-state index contributed by atoms with van der Waals surface area (Å²) in [5, 5.41) is 2.70. The van der Waals surface area contributed by atoms with Crippen LogP contribution in [0.1, 0.15) is 31.1 Å². The number of anilines is 1. The Kier molecular flexibility index (Phi) is 8.82. The second-order valence-corrected chi connectivity index (χ2v) is 7.96. The average molecular weight is 436 g/mol. The number of carbonyl (C=O) groups is 3. The number of fused-ring (bicyclic) bond motifs is 1. The summed E-state index contributed by atoms with van der Waals surface area (Å²) in [7, 11) is 4.73. The lowest BCUT2D eigenvalue weighted by molar-refractivity contribution is -0.133. The molecule has 9 nitrogen and oxygen atoms in total. The van der Waals surface area contributed by atoms with E-state index in [9.17, 15) is 14.4 Å². The summed E-state index contributed by atoms with van der Waals surface area (Å²) >= 11 is 0. The molecule has 3 atom stereocenters. The van der Waals surface area contributed by atoms with Crippen molar-refractivity contribution in [1.82, 2.24) is 9.80 Å². The van der Waals surface area contributed by atoms with Crippen LogP contribution in [0, 0.1) is 5.92 Å². The van der Waals surface area contributed by atoms with E-state index in [0.29, 0.717) is 30.1 Å². The van der Waals surface area contributed by atoms with Crippen molar-refractivity contribution in [2.45, 2.75) is 32.9 Å². The summed E-state index contributed by atoms with van der Waals surface area (Å²) < 4.78 is 16.4. The van der Waals surface area contributed by atoms with Gasteiger partial charge in [0, 0.05) is 52.9 Å². The number of nitrogens with one attached hydrogen (secondary N) is 1. The first kappa shape index (κ1) is 24.6. The highest BCUT2D eigenvalue weighted by Gasteiger charge is 2.29. The molecular formula is C22H33N3O6. The van der Waals surface area contributed by atoms with E-state index in [2.05, 4.69) is 5.32 Å². The Hall–Kier alpha value is -2.65. The van der Waals surface area contributed by atoms with E-state index in [1.165, 1.54) is 14.0 Å². The zero-order valence-electron chi connectivity index (χ0n) is 19.1. The topological polar surface area (TPSA) is 97.4 Å². The third-order valence-electron chi connectivity index (χ3n) is 5.41. The van der Waals surface area contributed by atoms with Crippen molar-refractivity contribution in [2.24, 2.45) is 5.92 Å². The standard InChI is InChI=1S/C22H33N3O6/c1-14-10-25(16(3)26)15(2)12-31-19-8-7-17(23-21(27)13-29-5)9-18(19)22(28)24(4)11-20(14)30-6/h7-9,14-15,20H,10-13H2,1-6H3,(H,23,27)/t14-,15-,20+/m1/s1. The van der Waals surface area contributed by atoms with Crippen molar-refractivity contribution < 1.29 is 28.6 Å². The van der Waals surface area contributed by atoms with E-state index in [4.69, 9.17) is 14.2 Å². The maximum Gasteiger partial charge on any atom is 0.257 e. The molecule has 31 heavy (non-hydrogen) atoms. The summed E-state index contributed by atoms with van der Waals surface area (Å²) in [6, 6.07) is 4.71. The molecule has 172 valence electrons. The predicted octanol–water partition coefficient (Wildman–Crippen LogP) is 1.62. The second kappa shape index (κ2) is 11.1. The van der Waals surface area contributed by atoms with Crippen LogP contribution in [0.2, 0.25) is 0 Å². The molecule has 1 N–H and O–H groups in total. The average Bonchev–Trinajstić information content (AvgIpc) is 2.72. The van der Waals surface area contributed by atoms with Crippen LogP contribution in [0.3, 0.4) is 0 Å². The molecule has 0 saturated carbocycles. The second-order valence-electron chi connectivity index (χ2n) is 7.96. The first-order valence-electron chi connectivity index (χ1n) is 10.3. The molecule has 1 aromatic rings. The van der Waals surface area contributed by atoms with Crippen LogP contribution in [0.25, 0.3) is 0 Å². The van der Waals surface area contributed by atoms with Crippen molar-refractivity contribution in [2.75, 3.05) is 52.9 Å². The Labute approximate surface area is 183 Å². The molecule has 0 spiro atoms. The van der Waals surface area contributed by atoms with Gasteiger partial charge >= 0.3 is 0 Å². The van der Waals surface area contributed by atoms with Gasteiger partial charge in [0.2, 0.25) is 11.8 Å². The number of ether oxygens (including phenoxy) is 3. The van der Waals surface area contributed by atoms with E-state index in [-0.39, 0.29) is 49.0 Å². The van der Waals surface area contributed by atoms with Gasteiger partial charge in [0.05, 0.1) is 17.7 Å². The van der Waals surface area contributed by atoms with E-state index < -0.39 is 0 Å². The lowest BCUT2D eigenvalue weighted by atomic mass is 10.0. The van der Waals surface area contributed by atoms with Crippen LogP contribution in [0.15, 0.2) is 18.2 Å². The summed E-state index contributed by atoms with van der Waals surface area (Å²) in [6.45, 7) is 6.42. The number of methoxy groups -OCH3 is 2. The van der Waals surface area contributed by atoms with Crippen LogP contribution in [0.5, 0.6) is 5.75 Å². The quantitative estimate of drug-likeness (QED) is 0.772. The Morgan fingerprint density at radius 1 is 1.23 bits per heavy atom. The van der Waals surface area contributed by atoms with Gasteiger partial charge in [-0.1, -0.05) is 6.92 Å². The number of hydrogen-bond donors (Lipinski definition) is 1. The SMILES string of the molecule is COCC(=O)Nc1ccc2c(c1)C(=O)N(C)C[C@H](OC)[C@H](C)CN(C(C)=O)[C@H](C)CO2. The number of nitrogens with zero attached hydrogens (tertiary/aromatic N) is 2. The van der Waals surface area contributed by atoms with Crippen LogP contribution in [-0.2, 0) is 19.1 Å². The molecular weight excluding hydrogens is 402 g/mol. The molecule has 0 aromatic heterocycles. The van der Waals surface area contributed by atoms with E-state index in [0.717, 1.165) is 0 Å². The fourth-order valence-electron chi connectivity index (χ4n) is 3.62. The molecule has 0 unspecified atom stereocenters. The Bertz CT molecular complexity index is 799. The zero-order chi connectivity index (χ0) is 23.1. The van der Waals surface area contributed by atoms with Crippen molar-refractivity contribution in [3.63, 3.8) is 0 Å². The van der Waals surface area contributed by atoms with Crippen LogP contribution in [-0.4, -0.2) is 87.2 Å². The molecule has 3 amide bonds. The molecule has 1 aromatic carbocycles. The maximum absolute atomic E-state index is 13.2. The lowest BCUT2D eigenvalue weighted by Crippen LogP contribution is -2.48. The van der Waals surface area contributed by atoms with E-state index in [1.54, 1.807) is 42.2 Å². The Morgan fingerprint density at radius 3 is 2.55 bits per heavy atom. The minimum atomic E-state index is -0.323. The monoisotopic (exact) mass is 435 g/mol. The number of carbonyl (C=O) groups excluding carboxylic acids is 3. The molecule has 0 fully saturated rings. The fourth-order valence-corrected chi connectivity index (χ4v) is 3.62. The molecule has 0 saturated heterocycles. The maximum atomic E-state index is 13.2. The molecule has 1 aliphatic heterocycles. The van der Waals surface area contributed by atoms with Gasteiger partial charge in [0.15, 0.2) is 0 Å². The van der Waals surface area contributed by atoms with Crippen LogP contribution < -0.4 is 10.1 Å². The molecule has 1 aliphatic rings. The molecule has 1 heterocycles. The molecule has 0 bridgehead atoms. The van der Waals surface area contributed by atoms with Gasteiger partial charge in [0.25, 0.3) is 5.91 Å². The highest BCUT2D eigenvalue weighted by atomic mass is 16.5. The molecule has 0 radical (unpaired) electrons. The van der Waals surface area contributed by atoms with Crippen LogP contribution >= 0.6 is 0 Å². The van der Waals surface area contributed by atoms with Crippen molar-refractivity contribution in [3.8, 4) is 5.75 Å². The fraction of sp³-hybridized carbons (Fsp3) is 0.591. The Morgan fingerprint density at radius 2 is 1.94 bits per heavy atom. The van der Waals surface area contributed by atoms with Crippen LogP contribution in [0.4, 0.5) is 5.69 Å². The highest BCUT2D eigenvalue weighted by Crippen LogP contribution is 2.26. The first-order chi connectivity index (χ1) is 14.7. The normalized spacial score (nSPS) is 22.6. The third-order valence-corrected chi connectivity index (χ3v) is 5.41. The predicted molar refractivity (Wildman–Crippen MR) is 116 cm³/mol. The summed E-state index contributed by atoms with van der Waals surface area (Å²) in [5.74, 6) is -0.222. The van der Waals surface area contributed by atoms with Crippen molar-refractivity contribution >= 4 is 23.4 Å². The van der Waals surface area contributed by atoms with Crippen molar-refractivity contribution in [3.05, 3.63) is 23.8 Å². The zero-order valence-corrected chi connectivity index (χ0v) is 19.1. The number of likely N-dealkylation sites (N-methyl/N-ethyl adjacent to an activating group) is 1. The van der Waals surface area contributed by atoms with Gasteiger partial charge in [0.1, 0.15) is 19.0 Å². The van der Waals surface area contributed by atoms with E-state index >= 15 is 0 Å². The molecule has 9 heteroatoms. The van der Waals surface area contributed by atoms with E-state index in [1.807, 2.05) is 13.8 Å². The largest absolute Gasteiger partial charge is 0.491 e. The van der Waals surface area contributed by atoms with Gasteiger partial charge in [-0.15, -0.1) is 0 Å². The molecule has 0 aliphatic carbocycles. The number of benzene rings is 1. The third kappa shape index (κ3) is 6.41. The number of hydrogen-bond acceptors (Lipinski definition) is 6. The smallest absolute Gasteiger partial charge is 0.257 e. The highest BCUT2D eigenvalue weighted by molar-refractivity contribution is 5.99. The molecule has 2 rings (SSSR count). The number of rotatable bonds is 4. The lowest BCUT2D eigenvalue weighted by Gasteiger charge is -2.35. The minimum Gasteiger partial charge on any atom is -0.491 e. The van der Waals surface area contributed by atoms with Gasteiger partial charge in [-0.2, -0.15) is 0 Å².